The minimum absolute atomic E-state index is 0.415. The third kappa shape index (κ3) is 2.88. The van der Waals surface area contributed by atoms with E-state index >= 15 is 0 Å². The number of fused-ring (bicyclic) bond motifs is 1. The molecule has 3 nitrogen and oxygen atoms in total. The first-order valence-corrected chi connectivity index (χ1v) is 7.62. The molecule has 20 heavy (non-hydrogen) atoms. The van der Waals surface area contributed by atoms with Crippen molar-refractivity contribution < 1.29 is 9.59 Å². The maximum Gasteiger partial charge on any atom is 0.299 e. The highest BCUT2D eigenvalue weighted by molar-refractivity contribution is 6.52. The van der Waals surface area contributed by atoms with Crippen LogP contribution in [0.3, 0.4) is 0 Å². The summed E-state index contributed by atoms with van der Waals surface area (Å²) in [7, 11) is 0. The zero-order chi connectivity index (χ0) is 14.7. The maximum atomic E-state index is 12.1. The number of Topliss-reactive ketones (excluding diaryl/α,β-unsaturated/α-hetero) is 1. The van der Waals surface area contributed by atoms with Crippen molar-refractivity contribution in [2.24, 2.45) is 5.92 Å². The average molecular weight is 294 g/mol. The van der Waals surface area contributed by atoms with E-state index in [0.717, 1.165) is 25.7 Å². The summed E-state index contributed by atoms with van der Waals surface area (Å²) in [5, 5.41) is 0.554. The number of hydrogen-bond donors (Lipinski definition) is 0. The third-order valence-corrected chi connectivity index (χ3v) is 4.15. The number of nitrogens with zero attached hydrogens (tertiary/aromatic N) is 1. The van der Waals surface area contributed by atoms with Crippen LogP contribution in [0, 0.1) is 5.92 Å². The Morgan fingerprint density at radius 3 is 2.65 bits per heavy atom. The van der Waals surface area contributed by atoms with Crippen molar-refractivity contribution in [2.45, 2.75) is 39.5 Å². The lowest BCUT2D eigenvalue weighted by molar-refractivity contribution is -0.114. The van der Waals surface area contributed by atoms with Crippen molar-refractivity contribution in [1.82, 2.24) is 0 Å². The van der Waals surface area contributed by atoms with Crippen LogP contribution < -0.4 is 4.90 Å². The first-order chi connectivity index (χ1) is 9.58. The number of amides is 1. The maximum absolute atomic E-state index is 12.1. The summed E-state index contributed by atoms with van der Waals surface area (Å²) in [6, 6.07) is 5.01. The molecule has 0 aromatic heterocycles. The van der Waals surface area contributed by atoms with Gasteiger partial charge in [0, 0.05) is 11.6 Å². The second kappa shape index (κ2) is 6.40. The molecule has 0 spiro atoms. The molecule has 0 radical (unpaired) electrons. The van der Waals surface area contributed by atoms with Crippen molar-refractivity contribution in [3.63, 3.8) is 0 Å². The molecular weight excluding hydrogens is 274 g/mol. The minimum Gasteiger partial charge on any atom is -0.304 e. The highest BCUT2D eigenvalue weighted by Crippen LogP contribution is 2.33. The summed E-state index contributed by atoms with van der Waals surface area (Å²) in [4.78, 5) is 25.7. The number of carbonyl (C=O) groups excluding carboxylic acids is 2. The molecule has 0 bridgehead atoms. The van der Waals surface area contributed by atoms with Crippen molar-refractivity contribution >= 4 is 29.0 Å². The number of hydrogen-bond acceptors (Lipinski definition) is 2. The van der Waals surface area contributed by atoms with Crippen molar-refractivity contribution in [3.05, 3.63) is 28.8 Å². The highest BCUT2D eigenvalue weighted by Gasteiger charge is 2.36. The summed E-state index contributed by atoms with van der Waals surface area (Å²) in [6.07, 6.45) is 4.39. The first kappa shape index (κ1) is 15.0. The van der Waals surface area contributed by atoms with Gasteiger partial charge in [-0.2, -0.15) is 0 Å². The van der Waals surface area contributed by atoms with E-state index < -0.39 is 11.7 Å². The standard InChI is InChI=1S/C16H20ClNO2/c1-3-5-6-11(4-2)10-18-14-9-12(17)7-8-13(14)15(19)16(18)20/h7-9,11H,3-6,10H2,1-2H3. The van der Waals surface area contributed by atoms with Crippen molar-refractivity contribution in [1.29, 1.82) is 0 Å². The lowest BCUT2D eigenvalue weighted by Gasteiger charge is -2.23. The smallest absolute Gasteiger partial charge is 0.299 e. The molecule has 0 saturated heterocycles. The minimum atomic E-state index is -0.419. The van der Waals surface area contributed by atoms with Gasteiger partial charge >= 0.3 is 0 Å². The Balaban J connectivity index is 2.22. The molecule has 1 unspecified atom stereocenters. The van der Waals surface area contributed by atoms with Gasteiger partial charge in [0.2, 0.25) is 0 Å². The van der Waals surface area contributed by atoms with Crippen molar-refractivity contribution in [2.75, 3.05) is 11.4 Å². The SMILES string of the molecule is CCCCC(CC)CN1C(=O)C(=O)c2ccc(Cl)cc21. The molecule has 4 heteroatoms. The summed E-state index contributed by atoms with van der Waals surface area (Å²) in [5.74, 6) is -0.407. The number of benzene rings is 1. The Morgan fingerprint density at radius 1 is 1.25 bits per heavy atom. The van der Waals surface area contributed by atoms with Gasteiger partial charge in [0.05, 0.1) is 11.3 Å². The zero-order valence-electron chi connectivity index (χ0n) is 12.0. The van der Waals surface area contributed by atoms with Crippen LogP contribution in [0.15, 0.2) is 18.2 Å². The van der Waals surface area contributed by atoms with Crippen LogP contribution in [0.1, 0.15) is 49.9 Å². The quantitative estimate of drug-likeness (QED) is 0.741. The fraction of sp³-hybridized carbons (Fsp3) is 0.500. The van der Waals surface area contributed by atoms with Gasteiger partial charge in [-0.1, -0.05) is 44.7 Å². The van der Waals surface area contributed by atoms with E-state index in [1.54, 1.807) is 23.1 Å². The van der Waals surface area contributed by atoms with E-state index in [9.17, 15) is 9.59 Å². The monoisotopic (exact) mass is 293 g/mol. The molecule has 1 heterocycles. The Morgan fingerprint density at radius 2 is 2.00 bits per heavy atom. The highest BCUT2D eigenvalue weighted by atomic mass is 35.5. The molecule has 0 aliphatic carbocycles. The molecule has 0 saturated carbocycles. The fourth-order valence-electron chi connectivity index (χ4n) is 2.62. The van der Waals surface area contributed by atoms with Crippen LogP contribution in [0.2, 0.25) is 5.02 Å². The van der Waals surface area contributed by atoms with Crippen LogP contribution >= 0.6 is 11.6 Å². The van der Waals surface area contributed by atoms with E-state index in [-0.39, 0.29) is 0 Å². The van der Waals surface area contributed by atoms with E-state index in [1.807, 2.05) is 0 Å². The van der Waals surface area contributed by atoms with Gasteiger partial charge < -0.3 is 4.90 Å². The Bertz CT molecular complexity index is 527. The van der Waals surface area contributed by atoms with Gasteiger partial charge in [0.15, 0.2) is 0 Å². The van der Waals surface area contributed by atoms with Gasteiger partial charge in [-0.15, -0.1) is 0 Å². The van der Waals surface area contributed by atoms with Gasteiger partial charge in [-0.25, -0.2) is 0 Å². The number of unbranched alkanes of at least 4 members (excludes halogenated alkanes) is 1. The molecule has 1 aromatic rings. The summed E-state index contributed by atoms with van der Waals surface area (Å²) in [6.45, 7) is 4.89. The zero-order valence-corrected chi connectivity index (χ0v) is 12.7. The molecule has 2 rings (SSSR count). The van der Waals surface area contributed by atoms with E-state index in [0.29, 0.717) is 28.7 Å². The lowest BCUT2D eigenvalue weighted by Crippen LogP contribution is -2.34. The topological polar surface area (TPSA) is 37.4 Å². The molecule has 1 amide bonds. The number of anilines is 1. The largest absolute Gasteiger partial charge is 0.304 e. The molecule has 0 N–H and O–H groups in total. The number of ketones is 1. The Kier molecular flexibility index (Phi) is 4.81. The summed E-state index contributed by atoms with van der Waals surface area (Å²) < 4.78 is 0. The normalized spacial score (nSPS) is 15.7. The van der Waals surface area contributed by atoms with Gasteiger partial charge in [0.1, 0.15) is 0 Å². The first-order valence-electron chi connectivity index (χ1n) is 7.24. The summed E-state index contributed by atoms with van der Waals surface area (Å²) >= 11 is 5.99. The van der Waals surface area contributed by atoms with Crippen LogP contribution in [-0.2, 0) is 4.79 Å². The fourth-order valence-corrected chi connectivity index (χ4v) is 2.79. The Labute approximate surface area is 124 Å². The molecule has 1 aliphatic heterocycles. The molecule has 1 atom stereocenters. The van der Waals surface area contributed by atoms with E-state index in [2.05, 4.69) is 13.8 Å². The lowest BCUT2D eigenvalue weighted by atomic mass is 9.98. The van der Waals surface area contributed by atoms with Crippen LogP contribution in [0.5, 0.6) is 0 Å². The predicted molar refractivity (Wildman–Crippen MR) is 81.4 cm³/mol. The number of carbonyl (C=O) groups is 2. The van der Waals surface area contributed by atoms with Gasteiger partial charge in [-0.05, 0) is 30.5 Å². The predicted octanol–water partition coefficient (Wildman–Crippen LogP) is 4.09. The molecule has 1 aromatic carbocycles. The molecule has 1 aliphatic rings. The molecule has 108 valence electrons. The second-order valence-electron chi connectivity index (χ2n) is 5.32. The average Bonchev–Trinajstić information content (AvgIpc) is 2.67. The summed E-state index contributed by atoms with van der Waals surface area (Å²) in [5.41, 5.74) is 1.15. The van der Waals surface area contributed by atoms with E-state index in [1.165, 1.54) is 0 Å². The number of rotatable bonds is 6. The van der Waals surface area contributed by atoms with E-state index in [4.69, 9.17) is 11.6 Å². The number of halogens is 1. The van der Waals surface area contributed by atoms with Crippen molar-refractivity contribution in [3.8, 4) is 0 Å². The van der Waals surface area contributed by atoms with Gasteiger partial charge in [0.25, 0.3) is 11.7 Å². The molecule has 0 fully saturated rings. The van der Waals surface area contributed by atoms with Crippen LogP contribution in [-0.4, -0.2) is 18.2 Å². The van der Waals surface area contributed by atoms with Crippen LogP contribution in [0.25, 0.3) is 0 Å². The molecular formula is C16H20ClNO2. The Hall–Kier alpha value is -1.35. The van der Waals surface area contributed by atoms with Gasteiger partial charge in [-0.3, -0.25) is 9.59 Å². The second-order valence-corrected chi connectivity index (χ2v) is 5.76. The van der Waals surface area contributed by atoms with Crippen LogP contribution in [0.4, 0.5) is 5.69 Å². The third-order valence-electron chi connectivity index (χ3n) is 3.92.